The first kappa shape index (κ1) is 22.6. The molecule has 1 saturated heterocycles. The summed E-state index contributed by atoms with van der Waals surface area (Å²) in [6, 6.07) is 11.3. The zero-order chi connectivity index (χ0) is 22.7. The third-order valence-corrected chi connectivity index (χ3v) is 6.02. The summed E-state index contributed by atoms with van der Waals surface area (Å²) < 4.78 is 24.3. The van der Waals surface area contributed by atoms with E-state index in [1.165, 1.54) is 12.1 Å². The minimum atomic E-state index is -0.390. The highest BCUT2D eigenvalue weighted by atomic mass is 35.5. The molecule has 9 heteroatoms. The van der Waals surface area contributed by atoms with Gasteiger partial charge in [-0.2, -0.15) is 0 Å². The maximum atomic E-state index is 13.4. The first-order valence-corrected chi connectivity index (χ1v) is 11.0. The molecule has 1 aliphatic heterocycles. The largest absolute Gasteiger partial charge is 0.489 e. The lowest BCUT2D eigenvalue weighted by Crippen LogP contribution is -2.48. The van der Waals surface area contributed by atoms with Crippen LogP contribution < -0.4 is 4.74 Å². The molecule has 0 unspecified atom stereocenters. The van der Waals surface area contributed by atoms with Crippen LogP contribution in [-0.2, 0) is 13.2 Å². The number of amides is 1. The number of carbonyl (C=O) groups excluding carboxylic acids is 1. The molecule has 0 atom stereocenters. The summed E-state index contributed by atoms with van der Waals surface area (Å²) in [5.74, 6) is 0.279. The molecule has 6 nitrogen and oxygen atoms in total. The van der Waals surface area contributed by atoms with Gasteiger partial charge in [0.1, 0.15) is 23.9 Å². The summed E-state index contributed by atoms with van der Waals surface area (Å²) in [4.78, 5) is 17.1. The molecule has 1 aromatic heterocycles. The van der Waals surface area contributed by atoms with Crippen molar-refractivity contribution in [3.8, 4) is 5.75 Å². The summed E-state index contributed by atoms with van der Waals surface area (Å²) in [7, 11) is 0. The first-order chi connectivity index (χ1) is 15.4. The van der Waals surface area contributed by atoms with Crippen LogP contribution in [0.2, 0.25) is 10.0 Å². The molecular weight excluding hydrogens is 456 g/mol. The third kappa shape index (κ3) is 5.23. The molecule has 4 rings (SSSR count). The molecule has 2 heterocycles. The number of aromatic nitrogens is 1. The van der Waals surface area contributed by atoms with Crippen LogP contribution in [0, 0.1) is 12.7 Å². The zero-order valence-electron chi connectivity index (χ0n) is 17.5. The number of piperazine rings is 1. The number of aryl methyl sites for hydroxylation is 1. The van der Waals surface area contributed by atoms with Gasteiger partial charge in [-0.25, -0.2) is 4.39 Å². The minimum Gasteiger partial charge on any atom is -0.489 e. The van der Waals surface area contributed by atoms with Gasteiger partial charge in [-0.1, -0.05) is 40.5 Å². The molecule has 3 aromatic rings. The second kappa shape index (κ2) is 9.90. The Bertz CT molecular complexity index is 1110. The topological polar surface area (TPSA) is 58.8 Å². The fourth-order valence-corrected chi connectivity index (χ4v) is 4.06. The average Bonchev–Trinajstić information content (AvgIpc) is 3.14. The lowest BCUT2D eigenvalue weighted by Gasteiger charge is -2.34. The Kier molecular flexibility index (Phi) is 6.98. The molecular formula is C23H22Cl2FN3O3. The number of hydrogen-bond acceptors (Lipinski definition) is 5. The number of halogens is 3. The van der Waals surface area contributed by atoms with Gasteiger partial charge in [0, 0.05) is 48.8 Å². The SMILES string of the molecule is Cc1onc(C(=O)N2CCN(Cc3ccc(Cl)cc3Cl)CC2)c1COc1cccc(F)c1. The molecule has 1 amide bonds. The van der Waals surface area contributed by atoms with E-state index in [2.05, 4.69) is 10.1 Å². The van der Waals surface area contributed by atoms with E-state index in [0.717, 1.165) is 5.56 Å². The van der Waals surface area contributed by atoms with Crippen molar-refractivity contribution in [1.82, 2.24) is 15.0 Å². The Labute approximate surface area is 195 Å². The molecule has 32 heavy (non-hydrogen) atoms. The number of benzene rings is 2. The second-order valence-corrected chi connectivity index (χ2v) is 8.46. The van der Waals surface area contributed by atoms with E-state index in [1.54, 1.807) is 30.0 Å². The average molecular weight is 478 g/mol. The fraction of sp³-hybridized carbons (Fsp3) is 0.304. The predicted octanol–water partition coefficient (Wildman–Crippen LogP) is 4.97. The van der Waals surface area contributed by atoms with Crippen LogP contribution in [0.4, 0.5) is 4.39 Å². The van der Waals surface area contributed by atoms with E-state index in [9.17, 15) is 9.18 Å². The highest BCUT2D eigenvalue weighted by Crippen LogP contribution is 2.24. The van der Waals surface area contributed by atoms with Crippen LogP contribution in [0.3, 0.4) is 0 Å². The van der Waals surface area contributed by atoms with Crippen LogP contribution in [0.5, 0.6) is 5.75 Å². The molecule has 2 aromatic carbocycles. The van der Waals surface area contributed by atoms with Crippen LogP contribution in [0.25, 0.3) is 0 Å². The Hall–Kier alpha value is -2.61. The molecule has 0 aliphatic carbocycles. The molecule has 1 fully saturated rings. The molecule has 0 spiro atoms. The number of carbonyl (C=O) groups is 1. The van der Waals surface area contributed by atoms with E-state index in [-0.39, 0.29) is 18.2 Å². The normalized spacial score (nSPS) is 14.6. The maximum Gasteiger partial charge on any atom is 0.276 e. The van der Waals surface area contributed by atoms with Gasteiger partial charge in [0.05, 0.1) is 5.56 Å². The van der Waals surface area contributed by atoms with Crippen molar-refractivity contribution in [1.29, 1.82) is 0 Å². The summed E-state index contributed by atoms with van der Waals surface area (Å²) in [6.07, 6.45) is 0. The number of ether oxygens (including phenoxy) is 1. The predicted molar refractivity (Wildman–Crippen MR) is 120 cm³/mol. The second-order valence-electron chi connectivity index (χ2n) is 7.62. The summed E-state index contributed by atoms with van der Waals surface area (Å²) >= 11 is 12.3. The lowest BCUT2D eigenvalue weighted by atomic mass is 10.1. The van der Waals surface area contributed by atoms with Gasteiger partial charge in [-0.15, -0.1) is 0 Å². The summed E-state index contributed by atoms with van der Waals surface area (Å²) in [5, 5.41) is 5.21. The van der Waals surface area contributed by atoms with E-state index < -0.39 is 5.82 Å². The molecule has 168 valence electrons. The van der Waals surface area contributed by atoms with Gasteiger partial charge in [0.15, 0.2) is 5.69 Å². The van der Waals surface area contributed by atoms with Gasteiger partial charge in [-0.3, -0.25) is 9.69 Å². The zero-order valence-corrected chi connectivity index (χ0v) is 19.0. The van der Waals surface area contributed by atoms with Crippen LogP contribution in [0.1, 0.15) is 27.4 Å². The number of nitrogens with zero attached hydrogens (tertiary/aromatic N) is 3. The molecule has 1 aliphatic rings. The van der Waals surface area contributed by atoms with Gasteiger partial charge >= 0.3 is 0 Å². The summed E-state index contributed by atoms with van der Waals surface area (Å²) in [5.41, 5.74) is 1.79. The molecule has 0 bridgehead atoms. The van der Waals surface area contributed by atoms with Gasteiger partial charge in [0.25, 0.3) is 5.91 Å². The highest BCUT2D eigenvalue weighted by Gasteiger charge is 2.28. The number of rotatable bonds is 6. The smallest absolute Gasteiger partial charge is 0.276 e. The highest BCUT2D eigenvalue weighted by molar-refractivity contribution is 6.35. The van der Waals surface area contributed by atoms with Crippen molar-refractivity contribution in [2.75, 3.05) is 26.2 Å². The van der Waals surface area contributed by atoms with Gasteiger partial charge < -0.3 is 14.2 Å². The van der Waals surface area contributed by atoms with E-state index in [4.69, 9.17) is 32.5 Å². The van der Waals surface area contributed by atoms with Crippen molar-refractivity contribution in [3.63, 3.8) is 0 Å². The van der Waals surface area contributed by atoms with Crippen molar-refractivity contribution in [2.45, 2.75) is 20.1 Å². The van der Waals surface area contributed by atoms with Crippen molar-refractivity contribution in [2.24, 2.45) is 0 Å². The third-order valence-electron chi connectivity index (χ3n) is 5.44. The van der Waals surface area contributed by atoms with E-state index >= 15 is 0 Å². The van der Waals surface area contributed by atoms with Gasteiger partial charge in [0.2, 0.25) is 0 Å². The monoisotopic (exact) mass is 477 g/mol. The van der Waals surface area contributed by atoms with Crippen molar-refractivity contribution < 1.29 is 18.4 Å². The van der Waals surface area contributed by atoms with Crippen LogP contribution in [-0.4, -0.2) is 47.0 Å². The molecule has 0 radical (unpaired) electrons. The Morgan fingerprint density at radius 2 is 1.94 bits per heavy atom. The van der Waals surface area contributed by atoms with Crippen LogP contribution in [0.15, 0.2) is 47.0 Å². The standard InChI is InChI=1S/C23H22Cl2FN3O3/c1-15-20(14-31-19-4-2-3-18(26)12-19)22(27-32-15)23(30)29-9-7-28(8-10-29)13-16-5-6-17(24)11-21(16)25/h2-6,11-12H,7-10,13-14H2,1H3. The lowest BCUT2D eigenvalue weighted by molar-refractivity contribution is 0.0616. The fourth-order valence-electron chi connectivity index (χ4n) is 3.59. The van der Waals surface area contributed by atoms with E-state index in [1.807, 2.05) is 12.1 Å². The quantitative estimate of drug-likeness (QED) is 0.501. The molecule has 0 saturated carbocycles. The van der Waals surface area contributed by atoms with Crippen molar-refractivity contribution in [3.05, 3.63) is 80.9 Å². The van der Waals surface area contributed by atoms with Crippen LogP contribution >= 0.6 is 23.2 Å². The van der Waals surface area contributed by atoms with Crippen molar-refractivity contribution >= 4 is 29.1 Å². The maximum absolute atomic E-state index is 13.4. The van der Waals surface area contributed by atoms with E-state index in [0.29, 0.717) is 59.8 Å². The Morgan fingerprint density at radius 3 is 2.66 bits per heavy atom. The molecule has 0 N–H and O–H groups in total. The number of hydrogen-bond donors (Lipinski definition) is 0. The van der Waals surface area contributed by atoms with Gasteiger partial charge in [-0.05, 0) is 36.8 Å². The Morgan fingerprint density at radius 1 is 1.16 bits per heavy atom. The summed E-state index contributed by atoms with van der Waals surface area (Å²) in [6.45, 7) is 5.00. The first-order valence-electron chi connectivity index (χ1n) is 10.2. The Balaban J connectivity index is 1.37. The minimum absolute atomic E-state index is 0.0644.